The monoisotopic (exact) mass is 276 g/mol. The molecule has 3 rings (SSSR count). The molecule has 0 aliphatic carbocycles. The van der Waals surface area contributed by atoms with Crippen LogP contribution in [0, 0.1) is 6.92 Å². The van der Waals surface area contributed by atoms with Crippen molar-refractivity contribution in [2.24, 2.45) is 5.73 Å². The molecule has 0 saturated heterocycles. The van der Waals surface area contributed by atoms with Gasteiger partial charge in [0, 0.05) is 17.6 Å². The van der Waals surface area contributed by atoms with Crippen LogP contribution in [0.3, 0.4) is 0 Å². The summed E-state index contributed by atoms with van der Waals surface area (Å²) in [4.78, 5) is 4.40. The zero-order valence-electron chi connectivity index (χ0n) is 12.3. The molecule has 1 aromatic heterocycles. The lowest BCUT2D eigenvalue weighted by molar-refractivity contribution is 0.655. The van der Waals surface area contributed by atoms with E-state index in [1.165, 1.54) is 16.7 Å². The highest BCUT2D eigenvalue weighted by Crippen LogP contribution is 2.24. The number of benzene rings is 2. The van der Waals surface area contributed by atoms with Gasteiger partial charge in [0.25, 0.3) is 0 Å². The van der Waals surface area contributed by atoms with E-state index in [0.717, 1.165) is 23.7 Å². The third-order valence-electron chi connectivity index (χ3n) is 3.94. The summed E-state index contributed by atoms with van der Waals surface area (Å²) in [5, 5.41) is 1.16. The second-order valence-corrected chi connectivity index (χ2v) is 5.55. The Morgan fingerprint density at radius 1 is 1.00 bits per heavy atom. The summed E-state index contributed by atoms with van der Waals surface area (Å²) in [5.41, 5.74) is 11.3. The molecule has 106 valence electrons. The number of hydrogen-bond acceptors (Lipinski definition) is 2. The van der Waals surface area contributed by atoms with E-state index in [-0.39, 0.29) is 6.04 Å². The normalized spacial score (nSPS) is 12.5. The van der Waals surface area contributed by atoms with Gasteiger partial charge in [0.2, 0.25) is 0 Å². The molecule has 2 aromatic carbocycles. The molecule has 1 unspecified atom stereocenters. The standard InChI is InChI=1S/C19H20N2/c1-14-7-9-15(10-8-14)11-12-18(20)16-4-2-6-19-17(16)5-3-13-21-19/h2-10,13,18H,11-12,20H2,1H3. The highest BCUT2D eigenvalue weighted by molar-refractivity contribution is 5.82. The Labute approximate surface area is 125 Å². The van der Waals surface area contributed by atoms with E-state index in [1.54, 1.807) is 0 Å². The molecule has 21 heavy (non-hydrogen) atoms. The summed E-state index contributed by atoms with van der Waals surface area (Å²) in [5.74, 6) is 0. The largest absolute Gasteiger partial charge is 0.324 e. The lowest BCUT2D eigenvalue weighted by atomic mass is 9.96. The average Bonchev–Trinajstić information content (AvgIpc) is 2.53. The van der Waals surface area contributed by atoms with Gasteiger partial charge in [-0.25, -0.2) is 0 Å². The molecule has 0 fully saturated rings. The smallest absolute Gasteiger partial charge is 0.0705 e. The van der Waals surface area contributed by atoms with Crippen molar-refractivity contribution in [1.82, 2.24) is 4.98 Å². The van der Waals surface area contributed by atoms with E-state index in [4.69, 9.17) is 5.73 Å². The molecule has 1 heterocycles. The van der Waals surface area contributed by atoms with Crippen molar-refractivity contribution in [3.63, 3.8) is 0 Å². The van der Waals surface area contributed by atoms with Crippen LogP contribution in [-0.2, 0) is 6.42 Å². The first-order valence-electron chi connectivity index (χ1n) is 7.39. The van der Waals surface area contributed by atoms with Gasteiger partial charge in [0.05, 0.1) is 5.52 Å². The lowest BCUT2D eigenvalue weighted by Crippen LogP contribution is -2.12. The Balaban J connectivity index is 1.78. The zero-order valence-corrected chi connectivity index (χ0v) is 12.3. The summed E-state index contributed by atoms with van der Waals surface area (Å²) in [6, 6.07) is 19.0. The van der Waals surface area contributed by atoms with Gasteiger partial charge < -0.3 is 5.73 Å². The number of rotatable bonds is 4. The Hall–Kier alpha value is -2.19. The number of aromatic nitrogens is 1. The van der Waals surface area contributed by atoms with Crippen LogP contribution in [0.1, 0.15) is 29.2 Å². The molecule has 2 heteroatoms. The van der Waals surface area contributed by atoms with Gasteiger partial charge in [-0.05, 0) is 43.0 Å². The van der Waals surface area contributed by atoms with Crippen LogP contribution in [0.2, 0.25) is 0 Å². The predicted molar refractivity (Wildman–Crippen MR) is 88.2 cm³/mol. The number of fused-ring (bicyclic) bond motifs is 1. The van der Waals surface area contributed by atoms with Gasteiger partial charge in [-0.15, -0.1) is 0 Å². The van der Waals surface area contributed by atoms with Crippen molar-refractivity contribution >= 4 is 10.9 Å². The average molecular weight is 276 g/mol. The topological polar surface area (TPSA) is 38.9 Å². The molecule has 0 amide bonds. The third-order valence-corrected chi connectivity index (χ3v) is 3.94. The van der Waals surface area contributed by atoms with Crippen LogP contribution >= 0.6 is 0 Å². The zero-order chi connectivity index (χ0) is 14.7. The van der Waals surface area contributed by atoms with Crippen LogP contribution in [0.5, 0.6) is 0 Å². The fourth-order valence-electron chi connectivity index (χ4n) is 2.68. The summed E-state index contributed by atoms with van der Waals surface area (Å²) < 4.78 is 0. The van der Waals surface area contributed by atoms with Crippen molar-refractivity contribution in [2.75, 3.05) is 0 Å². The molecule has 0 saturated carbocycles. The highest BCUT2D eigenvalue weighted by atomic mass is 14.7. The van der Waals surface area contributed by atoms with Crippen molar-refractivity contribution in [3.05, 3.63) is 77.5 Å². The third kappa shape index (κ3) is 3.11. The molecule has 2 nitrogen and oxygen atoms in total. The van der Waals surface area contributed by atoms with Crippen LogP contribution in [0.15, 0.2) is 60.8 Å². The number of pyridine rings is 1. The van der Waals surface area contributed by atoms with Gasteiger partial charge in [-0.2, -0.15) is 0 Å². The summed E-state index contributed by atoms with van der Waals surface area (Å²) in [6.07, 6.45) is 3.76. The van der Waals surface area contributed by atoms with Gasteiger partial charge >= 0.3 is 0 Å². The van der Waals surface area contributed by atoms with E-state index in [1.807, 2.05) is 24.4 Å². The molecule has 0 spiro atoms. The van der Waals surface area contributed by atoms with Crippen LogP contribution < -0.4 is 5.73 Å². The molecular formula is C19H20N2. The number of aryl methyl sites for hydroxylation is 2. The predicted octanol–water partition coefficient (Wildman–Crippen LogP) is 4.18. The molecule has 3 aromatic rings. The lowest BCUT2D eigenvalue weighted by Gasteiger charge is -2.14. The van der Waals surface area contributed by atoms with Gasteiger partial charge in [0.1, 0.15) is 0 Å². The van der Waals surface area contributed by atoms with Crippen molar-refractivity contribution in [1.29, 1.82) is 0 Å². The maximum atomic E-state index is 6.41. The minimum absolute atomic E-state index is 0.0409. The first-order valence-corrected chi connectivity index (χ1v) is 7.39. The van der Waals surface area contributed by atoms with Crippen LogP contribution in [0.25, 0.3) is 10.9 Å². The molecule has 0 aliphatic rings. The number of hydrogen-bond donors (Lipinski definition) is 1. The Morgan fingerprint density at radius 2 is 1.81 bits per heavy atom. The summed E-state index contributed by atoms with van der Waals surface area (Å²) >= 11 is 0. The summed E-state index contributed by atoms with van der Waals surface area (Å²) in [6.45, 7) is 2.11. The SMILES string of the molecule is Cc1ccc(CCC(N)c2cccc3ncccc23)cc1. The minimum atomic E-state index is 0.0409. The number of nitrogens with zero attached hydrogens (tertiary/aromatic N) is 1. The van der Waals surface area contributed by atoms with Crippen molar-refractivity contribution < 1.29 is 0 Å². The Bertz CT molecular complexity index is 727. The fourth-order valence-corrected chi connectivity index (χ4v) is 2.68. The van der Waals surface area contributed by atoms with E-state index >= 15 is 0 Å². The molecule has 0 radical (unpaired) electrons. The molecule has 0 aliphatic heterocycles. The van der Waals surface area contributed by atoms with E-state index < -0.39 is 0 Å². The number of nitrogens with two attached hydrogens (primary N) is 1. The molecule has 0 bridgehead atoms. The Morgan fingerprint density at radius 3 is 2.62 bits per heavy atom. The van der Waals surface area contributed by atoms with Gasteiger partial charge in [-0.1, -0.05) is 48.0 Å². The first kappa shape index (κ1) is 13.8. The highest BCUT2D eigenvalue weighted by Gasteiger charge is 2.10. The minimum Gasteiger partial charge on any atom is -0.324 e. The van der Waals surface area contributed by atoms with Crippen LogP contribution in [0.4, 0.5) is 0 Å². The maximum Gasteiger partial charge on any atom is 0.0705 e. The van der Waals surface area contributed by atoms with E-state index in [0.29, 0.717) is 0 Å². The van der Waals surface area contributed by atoms with Crippen LogP contribution in [-0.4, -0.2) is 4.98 Å². The second-order valence-electron chi connectivity index (χ2n) is 5.55. The first-order chi connectivity index (χ1) is 10.2. The Kier molecular flexibility index (Phi) is 3.98. The van der Waals surface area contributed by atoms with Gasteiger partial charge in [-0.3, -0.25) is 4.98 Å². The fraction of sp³-hybridized carbons (Fsp3) is 0.211. The van der Waals surface area contributed by atoms with Gasteiger partial charge in [0.15, 0.2) is 0 Å². The quantitative estimate of drug-likeness (QED) is 0.776. The molecule has 2 N–H and O–H groups in total. The van der Waals surface area contributed by atoms with E-state index in [9.17, 15) is 0 Å². The molecular weight excluding hydrogens is 256 g/mol. The molecule has 1 atom stereocenters. The van der Waals surface area contributed by atoms with Crippen molar-refractivity contribution in [2.45, 2.75) is 25.8 Å². The second kappa shape index (κ2) is 6.06. The van der Waals surface area contributed by atoms with E-state index in [2.05, 4.69) is 48.3 Å². The maximum absolute atomic E-state index is 6.41. The van der Waals surface area contributed by atoms with Crippen molar-refractivity contribution in [3.8, 4) is 0 Å². The summed E-state index contributed by atoms with van der Waals surface area (Å²) in [7, 11) is 0.